The highest BCUT2D eigenvalue weighted by Gasteiger charge is 2.61. The Bertz CT molecular complexity index is 660. The zero-order chi connectivity index (χ0) is 17.5. The number of aromatic nitrogens is 1. The van der Waals surface area contributed by atoms with Crippen molar-refractivity contribution in [1.29, 1.82) is 0 Å². The molecule has 3 saturated carbocycles. The van der Waals surface area contributed by atoms with E-state index < -0.39 is 17.9 Å². The number of nitrogens with one attached hydrogen (secondary N) is 1. The molecule has 1 heterocycles. The first-order chi connectivity index (χ1) is 11.2. The van der Waals surface area contributed by atoms with Crippen molar-refractivity contribution in [2.24, 2.45) is 11.7 Å². The molecule has 0 aliphatic heterocycles. The van der Waals surface area contributed by atoms with Crippen LogP contribution in [0.1, 0.15) is 30.5 Å². The molecule has 0 atom stereocenters. The second-order valence-electron chi connectivity index (χ2n) is 6.45. The topological polar surface area (TPSA) is 88.3 Å². The van der Waals surface area contributed by atoms with Gasteiger partial charge in [0.15, 0.2) is 0 Å². The number of rotatable bonds is 5. The van der Waals surface area contributed by atoms with E-state index in [4.69, 9.17) is 5.73 Å². The average Bonchev–Trinajstić information content (AvgIpc) is 2.40. The number of halogens is 3. The highest BCUT2D eigenvalue weighted by molar-refractivity contribution is 5.84. The highest BCUT2D eigenvalue weighted by atomic mass is 19.4. The van der Waals surface area contributed by atoms with Crippen LogP contribution in [0.4, 0.5) is 18.0 Å². The van der Waals surface area contributed by atoms with E-state index in [1.165, 1.54) is 6.07 Å². The van der Waals surface area contributed by atoms with Crippen molar-refractivity contribution in [3.63, 3.8) is 0 Å². The number of nitrogens with zero attached hydrogens (tertiary/aromatic N) is 2. The molecule has 0 spiro atoms. The maximum absolute atomic E-state index is 12.8. The fourth-order valence-corrected chi connectivity index (χ4v) is 3.45. The molecule has 2 bridgehead atoms. The van der Waals surface area contributed by atoms with Crippen LogP contribution in [-0.2, 0) is 17.5 Å². The first-order valence-corrected chi connectivity index (χ1v) is 7.55. The van der Waals surface area contributed by atoms with Gasteiger partial charge >= 0.3 is 12.2 Å². The minimum Gasteiger partial charge on any atom is -0.352 e. The molecule has 1 aromatic heterocycles. The third-order valence-corrected chi connectivity index (χ3v) is 4.75. The van der Waals surface area contributed by atoms with E-state index in [-0.39, 0.29) is 24.5 Å². The number of amides is 3. The SMILES string of the molecule is NC(=O)NCC(=O)N(Cc1ccnc(C(F)(F)F)c1)C12CC(C1)C2. The summed E-state index contributed by atoms with van der Waals surface area (Å²) in [7, 11) is 0. The first-order valence-electron chi connectivity index (χ1n) is 7.55. The van der Waals surface area contributed by atoms with E-state index in [0.717, 1.165) is 31.5 Å². The number of carbonyl (C=O) groups excluding carboxylic acids is 2. The molecule has 0 radical (unpaired) electrons. The number of primary amides is 1. The zero-order valence-corrected chi connectivity index (χ0v) is 12.8. The molecule has 0 unspecified atom stereocenters. The number of hydrogen-bond acceptors (Lipinski definition) is 3. The van der Waals surface area contributed by atoms with Gasteiger partial charge in [-0.2, -0.15) is 13.2 Å². The highest BCUT2D eigenvalue weighted by Crippen LogP contribution is 2.60. The molecular weight excluding hydrogens is 325 g/mol. The first kappa shape index (κ1) is 16.5. The lowest BCUT2D eigenvalue weighted by molar-refractivity contribution is -0.173. The Morgan fingerprint density at radius 2 is 2.04 bits per heavy atom. The summed E-state index contributed by atoms with van der Waals surface area (Å²) in [4.78, 5) is 28.1. The number of urea groups is 1. The molecular formula is C15H17F3N4O2. The minimum absolute atomic E-state index is 0.0532. The van der Waals surface area contributed by atoms with E-state index in [0.29, 0.717) is 11.5 Å². The third-order valence-electron chi connectivity index (χ3n) is 4.75. The summed E-state index contributed by atoms with van der Waals surface area (Å²) in [5, 5.41) is 2.24. The number of alkyl halides is 3. The van der Waals surface area contributed by atoms with Gasteiger partial charge in [-0.05, 0) is 42.9 Å². The van der Waals surface area contributed by atoms with E-state index in [1.54, 1.807) is 4.90 Å². The molecule has 24 heavy (non-hydrogen) atoms. The van der Waals surface area contributed by atoms with Crippen LogP contribution < -0.4 is 11.1 Å². The Balaban J connectivity index is 1.77. The lowest BCUT2D eigenvalue weighted by Crippen LogP contribution is -2.70. The van der Waals surface area contributed by atoms with Crippen LogP contribution in [0.2, 0.25) is 0 Å². The fourth-order valence-electron chi connectivity index (χ4n) is 3.45. The molecule has 0 aromatic carbocycles. The van der Waals surface area contributed by atoms with Crippen LogP contribution in [0.15, 0.2) is 18.3 Å². The Morgan fingerprint density at radius 3 is 2.54 bits per heavy atom. The summed E-state index contributed by atoms with van der Waals surface area (Å²) < 4.78 is 38.4. The van der Waals surface area contributed by atoms with Gasteiger partial charge in [-0.3, -0.25) is 9.78 Å². The van der Waals surface area contributed by atoms with Crippen molar-refractivity contribution in [2.45, 2.75) is 37.5 Å². The van der Waals surface area contributed by atoms with E-state index >= 15 is 0 Å². The van der Waals surface area contributed by atoms with E-state index in [2.05, 4.69) is 10.3 Å². The molecule has 0 saturated heterocycles. The molecule has 3 fully saturated rings. The van der Waals surface area contributed by atoms with Crippen molar-refractivity contribution < 1.29 is 22.8 Å². The molecule has 6 nitrogen and oxygen atoms in total. The maximum Gasteiger partial charge on any atom is 0.433 e. The minimum atomic E-state index is -4.53. The molecule has 3 N–H and O–H groups in total. The Labute approximate surface area is 136 Å². The predicted molar refractivity (Wildman–Crippen MR) is 77.4 cm³/mol. The van der Waals surface area contributed by atoms with Crippen LogP contribution >= 0.6 is 0 Å². The van der Waals surface area contributed by atoms with Gasteiger partial charge in [0.25, 0.3) is 0 Å². The van der Waals surface area contributed by atoms with Crippen molar-refractivity contribution in [2.75, 3.05) is 6.54 Å². The Kier molecular flexibility index (Phi) is 3.89. The summed E-state index contributed by atoms with van der Waals surface area (Å²) in [6, 6.07) is 1.60. The third kappa shape index (κ3) is 3.02. The van der Waals surface area contributed by atoms with Crippen molar-refractivity contribution in [1.82, 2.24) is 15.2 Å². The van der Waals surface area contributed by atoms with E-state index in [9.17, 15) is 22.8 Å². The van der Waals surface area contributed by atoms with Gasteiger partial charge in [0, 0.05) is 18.3 Å². The van der Waals surface area contributed by atoms with E-state index in [1.807, 2.05) is 0 Å². The maximum atomic E-state index is 12.8. The number of pyridine rings is 1. The monoisotopic (exact) mass is 342 g/mol. The van der Waals surface area contributed by atoms with Crippen molar-refractivity contribution in [3.8, 4) is 0 Å². The molecule has 130 valence electrons. The zero-order valence-electron chi connectivity index (χ0n) is 12.8. The lowest BCUT2D eigenvalue weighted by Gasteiger charge is -2.66. The number of carbonyl (C=O) groups is 2. The van der Waals surface area contributed by atoms with Gasteiger partial charge in [-0.25, -0.2) is 4.79 Å². The van der Waals surface area contributed by atoms with Gasteiger partial charge in [-0.15, -0.1) is 0 Å². The lowest BCUT2D eigenvalue weighted by atomic mass is 9.49. The van der Waals surface area contributed by atoms with Crippen LogP contribution in [0.3, 0.4) is 0 Å². The van der Waals surface area contributed by atoms with Crippen molar-refractivity contribution in [3.05, 3.63) is 29.6 Å². The van der Waals surface area contributed by atoms with Crippen LogP contribution in [-0.4, -0.2) is 33.9 Å². The summed E-state index contributed by atoms with van der Waals surface area (Å²) >= 11 is 0. The van der Waals surface area contributed by atoms with Gasteiger partial charge < -0.3 is 16.0 Å². The quantitative estimate of drug-likeness (QED) is 0.853. The Hall–Kier alpha value is -2.32. The van der Waals surface area contributed by atoms with Crippen LogP contribution in [0.25, 0.3) is 0 Å². The fraction of sp³-hybridized carbons (Fsp3) is 0.533. The van der Waals surface area contributed by atoms with Gasteiger partial charge in [0.05, 0.1) is 6.54 Å². The molecule has 3 aliphatic rings. The smallest absolute Gasteiger partial charge is 0.352 e. The normalized spacial score (nSPS) is 24.5. The summed E-state index contributed by atoms with van der Waals surface area (Å²) in [5.41, 5.74) is 4.05. The van der Waals surface area contributed by atoms with Crippen LogP contribution in [0.5, 0.6) is 0 Å². The van der Waals surface area contributed by atoms with Gasteiger partial charge in [0.1, 0.15) is 5.69 Å². The molecule has 1 aromatic rings. The second-order valence-corrected chi connectivity index (χ2v) is 6.45. The van der Waals surface area contributed by atoms with Gasteiger partial charge in [-0.1, -0.05) is 0 Å². The molecule has 9 heteroatoms. The second kappa shape index (κ2) is 5.64. The average molecular weight is 342 g/mol. The largest absolute Gasteiger partial charge is 0.433 e. The predicted octanol–water partition coefficient (Wildman–Crippen LogP) is 1.65. The standard InChI is InChI=1S/C15H17F3N4O2/c16-15(17,18)11-3-9(1-2-20-11)8-22(12(23)7-21-13(19)24)14-4-10(5-14)6-14/h1-3,10H,4-8H2,(H3,19,21,24). The van der Waals surface area contributed by atoms with Gasteiger partial charge in [0.2, 0.25) is 5.91 Å². The number of hydrogen-bond donors (Lipinski definition) is 2. The van der Waals surface area contributed by atoms with Crippen LogP contribution in [0, 0.1) is 5.92 Å². The van der Waals surface area contributed by atoms with Crippen molar-refractivity contribution >= 4 is 11.9 Å². The summed E-state index contributed by atoms with van der Waals surface area (Å²) in [5.74, 6) is 0.241. The summed E-state index contributed by atoms with van der Waals surface area (Å²) in [6.45, 7) is -0.212. The number of nitrogens with two attached hydrogens (primary N) is 1. The molecule has 3 aliphatic carbocycles. The Morgan fingerprint density at radius 1 is 1.38 bits per heavy atom. The molecule has 4 rings (SSSR count). The summed E-state index contributed by atoms with van der Waals surface area (Å²) in [6.07, 6.45) is -0.884. The molecule has 3 amide bonds.